The minimum atomic E-state index is -0.227. The Morgan fingerprint density at radius 3 is 2.43 bits per heavy atom. The lowest BCUT2D eigenvalue weighted by Gasteiger charge is -2.30. The second-order valence-electron chi connectivity index (χ2n) is 8.80. The number of nitrogens with zero attached hydrogens (tertiary/aromatic N) is 1. The van der Waals surface area contributed by atoms with Crippen LogP contribution in [-0.4, -0.2) is 32.1 Å². The van der Waals surface area contributed by atoms with Crippen LogP contribution < -0.4 is 19.7 Å². The van der Waals surface area contributed by atoms with Crippen LogP contribution in [0.2, 0.25) is 0 Å². The average molecular weight is 517 g/mol. The molecule has 1 atom stereocenters. The molecule has 3 aromatic carbocycles. The number of fused-ring (bicyclic) bond motifs is 1. The van der Waals surface area contributed by atoms with Gasteiger partial charge in [0.2, 0.25) is 5.91 Å². The highest BCUT2D eigenvalue weighted by Gasteiger charge is 2.30. The second kappa shape index (κ2) is 12.5. The van der Waals surface area contributed by atoms with Crippen LogP contribution in [0.4, 0.5) is 5.69 Å². The van der Waals surface area contributed by atoms with Gasteiger partial charge < -0.3 is 14.8 Å². The number of hydrogen-bond acceptors (Lipinski definition) is 5. The third-order valence-corrected chi connectivity index (χ3v) is 7.15. The summed E-state index contributed by atoms with van der Waals surface area (Å²) >= 11 is 1.41. The fourth-order valence-corrected chi connectivity index (χ4v) is 5.03. The van der Waals surface area contributed by atoms with Crippen molar-refractivity contribution in [3.05, 3.63) is 88.8 Å². The molecule has 0 aromatic heterocycles. The van der Waals surface area contributed by atoms with Gasteiger partial charge in [-0.1, -0.05) is 61.5 Å². The minimum Gasteiger partial charge on any atom is -0.497 e. The number of unbranched alkanes of at least 4 members (excludes halogenated alkanes) is 1. The fourth-order valence-electron chi connectivity index (χ4n) is 3.97. The predicted octanol–water partition coefficient (Wildman–Crippen LogP) is 6.23. The number of thioether (sulfide) groups is 1. The Balaban J connectivity index is 1.46. The Labute approximate surface area is 222 Å². The molecule has 1 N–H and O–H groups in total. The molecule has 37 heavy (non-hydrogen) atoms. The van der Waals surface area contributed by atoms with E-state index in [0.717, 1.165) is 46.1 Å². The van der Waals surface area contributed by atoms with Crippen LogP contribution >= 0.6 is 11.8 Å². The number of hydrogen-bond donors (Lipinski definition) is 1. The zero-order chi connectivity index (χ0) is 26.2. The van der Waals surface area contributed by atoms with Gasteiger partial charge in [0.1, 0.15) is 18.0 Å². The summed E-state index contributed by atoms with van der Waals surface area (Å²) in [6.45, 7) is 4.69. The highest BCUT2D eigenvalue weighted by atomic mass is 32.2. The van der Waals surface area contributed by atoms with Gasteiger partial charge in [-0.05, 0) is 66.9 Å². The molecule has 6 nitrogen and oxygen atoms in total. The SMILES string of the molecule is CCCCOc1ccc(C(C)NC(=O)CN2C(=O)C(=Cc3ccc(OC)cc3)Sc3ccccc32)cc1. The first-order chi connectivity index (χ1) is 18.0. The molecule has 1 aliphatic heterocycles. The van der Waals surface area contributed by atoms with Crippen LogP contribution in [0.1, 0.15) is 43.9 Å². The lowest BCUT2D eigenvalue weighted by Crippen LogP contribution is -2.43. The maximum Gasteiger partial charge on any atom is 0.265 e. The minimum absolute atomic E-state index is 0.0705. The van der Waals surface area contributed by atoms with Gasteiger partial charge in [0, 0.05) is 4.90 Å². The van der Waals surface area contributed by atoms with E-state index in [1.165, 1.54) is 11.8 Å². The van der Waals surface area contributed by atoms with E-state index in [-0.39, 0.29) is 24.4 Å². The largest absolute Gasteiger partial charge is 0.497 e. The maximum atomic E-state index is 13.5. The maximum absolute atomic E-state index is 13.5. The lowest BCUT2D eigenvalue weighted by atomic mass is 10.1. The van der Waals surface area contributed by atoms with E-state index >= 15 is 0 Å². The molecule has 0 radical (unpaired) electrons. The summed E-state index contributed by atoms with van der Waals surface area (Å²) in [5.74, 6) is 1.15. The summed E-state index contributed by atoms with van der Waals surface area (Å²) in [6.07, 6.45) is 3.95. The molecule has 2 amide bonds. The summed E-state index contributed by atoms with van der Waals surface area (Å²) in [5.41, 5.74) is 2.59. The first kappa shape index (κ1) is 26.4. The van der Waals surface area contributed by atoms with Crippen LogP contribution in [0.15, 0.2) is 82.6 Å². The lowest BCUT2D eigenvalue weighted by molar-refractivity contribution is -0.122. The molecule has 0 bridgehead atoms. The van der Waals surface area contributed by atoms with Crippen molar-refractivity contribution in [2.75, 3.05) is 25.2 Å². The first-order valence-corrected chi connectivity index (χ1v) is 13.3. The molecule has 0 saturated carbocycles. The molecule has 1 aliphatic rings. The van der Waals surface area contributed by atoms with Crippen molar-refractivity contribution in [1.29, 1.82) is 0 Å². The number of nitrogens with one attached hydrogen (secondary N) is 1. The Morgan fingerprint density at radius 1 is 1.03 bits per heavy atom. The molecule has 7 heteroatoms. The van der Waals surface area contributed by atoms with E-state index in [1.54, 1.807) is 12.0 Å². The molecule has 3 aromatic rings. The standard InChI is InChI=1S/C30H32N2O4S/c1-4-5-18-36-25-16-12-23(13-17-25)21(2)31-29(33)20-32-26-8-6-7-9-27(26)37-28(30(32)34)19-22-10-14-24(35-3)15-11-22/h6-17,19,21H,4-5,18,20H2,1-3H3,(H,31,33). The summed E-state index contributed by atoms with van der Waals surface area (Å²) in [4.78, 5) is 29.6. The summed E-state index contributed by atoms with van der Waals surface area (Å²) in [5, 5.41) is 3.03. The van der Waals surface area contributed by atoms with Crippen LogP contribution in [0.5, 0.6) is 11.5 Å². The number of amides is 2. The van der Waals surface area contributed by atoms with Crippen molar-refractivity contribution >= 4 is 35.3 Å². The molecule has 0 spiro atoms. The third kappa shape index (κ3) is 6.74. The number of carbonyl (C=O) groups excluding carboxylic acids is 2. The van der Waals surface area contributed by atoms with E-state index < -0.39 is 0 Å². The van der Waals surface area contributed by atoms with Crippen LogP contribution in [0.25, 0.3) is 6.08 Å². The average Bonchev–Trinajstić information content (AvgIpc) is 2.92. The molecule has 0 aliphatic carbocycles. The van der Waals surface area contributed by atoms with E-state index in [4.69, 9.17) is 9.47 Å². The molecule has 1 unspecified atom stereocenters. The summed E-state index contributed by atoms with van der Waals surface area (Å²) in [6, 6.07) is 22.7. The Hall–Kier alpha value is -3.71. The normalized spacial score (nSPS) is 14.7. The molecule has 0 saturated heterocycles. The molecular formula is C30H32N2O4S. The number of benzene rings is 3. The van der Waals surface area contributed by atoms with Gasteiger partial charge in [-0.25, -0.2) is 0 Å². The monoisotopic (exact) mass is 516 g/mol. The van der Waals surface area contributed by atoms with E-state index in [1.807, 2.05) is 85.8 Å². The molecule has 0 fully saturated rings. The second-order valence-corrected chi connectivity index (χ2v) is 9.89. The van der Waals surface area contributed by atoms with Gasteiger partial charge in [0.15, 0.2) is 0 Å². The number of carbonyl (C=O) groups is 2. The van der Waals surface area contributed by atoms with E-state index in [2.05, 4.69) is 12.2 Å². The van der Waals surface area contributed by atoms with Gasteiger partial charge in [0.25, 0.3) is 5.91 Å². The highest BCUT2D eigenvalue weighted by molar-refractivity contribution is 8.04. The number of methoxy groups -OCH3 is 1. The summed E-state index contributed by atoms with van der Waals surface area (Å²) < 4.78 is 11.0. The van der Waals surface area contributed by atoms with Crippen molar-refractivity contribution in [2.24, 2.45) is 0 Å². The molecule has 1 heterocycles. The van der Waals surface area contributed by atoms with Crippen molar-refractivity contribution in [2.45, 2.75) is 37.6 Å². The quantitative estimate of drug-likeness (QED) is 0.256. The van der Waals surface area contributed by atoms with Gasteiger partial charge >= 0.3 is 0 Å². The van der Waals surface area contributed by atoms with Crippen LogP contribution in [0.3, 0.4) is 0 Å². The predicted molar refractivity (Wildman–Crippen MR) is 149 cm³/mol. The van der Waals surface area contributed by atoms with E-state index in [9.17, 15) is 9.59 Å². The number of anilines is 1. The van der Waals surface area contributed by atoms with Crippen molar-refractivity contribution in [3.8, 4) is 11.5 Å². The number of para-hydroxylation sites is 1. The third-order valence-electron chi connectivity index (χ3n) is 6.07. The summed E-state index contributed by atoms with van der Waals surface area (Å²) in [7, 11) is 1.62. The van der Waals surface area contributed by atoms with Crippen molar-refractivity contribution in [3.63, 3.8) is 0 Å². The van der Waals surface area contributed by atoms with Crippen molar-refractivity contribution < 1.29 is 19.1 Å². The highest BCUT2D eigenvalue weighted by Crippen LogP contribution is 2.42. The van der Waals surface area contributed by atoms with Crippen LogP contribution in [0, 0.1) is 0 Å². The topological polar surface area (TPSA) is 67.9 Å². The smallest absolute Gasteiger partial charge is 0.265 e. The molecule has 4 rings (SSSR count). The van der Waals surface area contributed by atoms with Crippen LogP contribution in [-0.2, 0) is 9.59 Å². The van der Waals surface area contributed by atoms with Gasteiger partial charge in [-0.3, -0.25) is 14.5 Å². The van der Waals surface area contributed by atoms with Gasteiger partial charge in [-0.2, -0.15) is 0 Å². The van der Waals surface area contributed by atoms with Gasteiger partial charge in [0.05, 0.1) is 30.4 Å². The molecule has 192 valence electrons. The Morgan fingerprint density at radius 2 is 1.73 bits per heavy atom. The number of rotatable bonds is 10. The zero-order valence-electron chi connectivity index (χ0n) is 21.4. The van der Waals surface area contributed by atoms with Crippen molar-refractivity contribution in [1.82, 2.24) is 5.32 Å². The fraction of sp³-hybridized carbons (Fsp3) is 0.267. The van der Waals surface area contributed by atoms with Gasteiger partial charge in [-0.15, -0.1) is 0 Å². The Bertz CT molecular complexity index is 1260. The van der Waals surface area contributed by atoms with E-state index in [0.29, 0.717) is 11.5 Å². The molecular weight excluding hydrogens is 484 g/mol. The number of ether oxygens (including phenoxy) is 2. The first-order valence-electron chi connectivity index (χ1n) is 12.4. The zero-order valence-corrected chi connectivity index (χ0v) is 22.2. The Kier molecular flexibility index (Phi) is 8.90.